The summed E-state index contributed by atoms with van der Waals surface area (Å²) >= 11 is 1.52. The molecule has 0 fully saturated rings. The van der Waals surface area contributed by atoms with Gasteiger partial charge in [0.2, 0.25) is 0 Å². The Labute approximate surface area is 150 Å². The van der Waals surface area contributed by atoms with Gasteiger partial charge in [-0.15, -0.1) is 0 Å². The van der Waals surface area contributed by atoms with Crippen LogP contribution in [0.1, 0.15) is 11.3 Å². The minimum absolute atomic E-state index is 0.130. The van der Waals surface area contributed by atoms with Crippen LogP contribution in [0.4, 0.5) is 23.7 Å². The van der Waals surface area contributed by atoms with E-state index in [1.165, 1.54) is 29.7 Å². The van der Waals surface area contributed by atoms with Crippen molar-refractivity contribution in [3.8, 4) is 11.3 Å². The van der Waals surface area contributed by atoms with Crippen LogP contribution < -0.4 is 10.6 Å². The molecule has 2 aromatic heterocycles. The number of thiophene rings is 1. The van der Waals surface area contributed by atoms with E-state index in [4.69, 9.17) is 0 Å². The lowest BCUT2D eigenvalue weighted by Gasteiger charge is -2.10. The molecule has 26 heavy (non-hydrogen) atoms. The Bertz CT molecular complexity index is 880. The molecule has 0 atom stereocenters. The maximum atomic E-state index is 12.5. The van der Waals surface area contributed by atoms with Crippen LogP contribution in [-0.2, 0) is 12.7 Å². The highest BCUT2D eigenvalue weighted by Gasteiger charge is 2.29. The quantitative estimate of drug-likeness (QED) is 0.700. The van der Waals surface area contributed by atoms with Crippen molar-refractivity contribution >= 4 is 23.1 Å². The van der Waals surface area contributed by atoms with Crippen molar-refractivity contribution in [2.75, 3.05) is 5.32 Å². The topological polar surface area (TPSA) is 66.9 Å². The van der Waals surface area contributed by atoms with Crippen LogP contribution in [0.15, 0.2) is 53.5 Å². The highest BCUT2D eigenvalue weighted by Crippen LogP contribution is 2.29. The fourth-order valence-electron chi connectivity index (χ4n) is 2.22. The largest absolute Gasteiger partial charge is 0.416 e. The van der Waals surface area contributed by atoms with Crippen molar-refractivity contribution in [1.29, 1.82) is 0 Å². The molecule has 9 heteroatoms. The van der Waals surface area contributed by atoms with Crippen LogP contribution in [0.25, 0.3) is 11.3 Å². The maximum Gasteiger partial charge on any atom is 0.416 e. The van der Waals surface area contributed by atoms with Gasteiger partial charge in [-0.3, -0.25) is 9.97 Å². The van der Waals surface area contributed by atoms with Gasteiger partial charge in [0.15, 0.2) is 0 Å². The molecule has 0 aliphatic rings. The standard InChI is InChI=1S/C17H13F3N4OS/c18-17(19,20)12-1-3-13(4-2-12)24-16(25)23-9-14-15(22-7-6-21-14)11-5-8-26-10-11/h1-8,10H,9H2,(H2,23,24,25). The molecule has 0 aliphatic carbocycles. The smallest absolute Gasteiger partial charge is 0.332 e. The van der Waals surface area contributed by atoms with Gasteiger partial charge in [-0.1, -0.05) is 0 Å². The monoisotopic (exact) mass is 378 g/mol. The lowest BCUT2D eigenvalue weighted by atomic mass is 10.2. The van der Waals surface area contributed by atoms with E-state index in [0.717, 1.165) is 17.7 Å². The number of urea groups is 1. The van der Waals surface area contributed by atoms with Crippen molar-refractivity contribution in [1.82, 2.24) is 15.3 Å². The van der Waals surface area contributed by atoms with Gasteiger partial charge >= 0.3 is 12.2 Å². The average Bonchev–Trinajstić information content (AvgIpc) is 3.14. The van der Waals surface area contributed by atoms with Crippen molar-refractivity contribution in [3.05, 3.63) is 64.7 Å². The molecule has 0 saturated carbocycles. The second-order valence-electron chi connectivity index (χ2n) is 5.25. The first-order chi connectivity index (χ1) is 12.4. The van der Waals surface area contributed by atoms with Crippen LogP contribution in [0.5, 0.6) is 0 Å². The van der Waals surface area contributed by atoms with Gasteiger partial charge in [-0.25, -0.2) is 4.79 Å². The molecule has 3 aromatic rings. The van der Waals surface area contributed by atoms with Crippen LogP contribution in [0, 0.1) is 0 Å². The van der Waals surface area contributed by atoms with E-state index in [2.05, 4.69) is 20.6 Å². The summed E-state index contributed by atoms with van der Waals surface area (Å²) in [7, 11) is 0. The molecule has 5 nitrogen and oxygen atoms in total. The van der Waals surface area contributed by atoms with E-state index < -0.39 is 17.8 Å². The highest BCUT2D eigenvalue weighted by molar-refractivity contribution is 7.08. The van der Waals surface area contributed by atoms with Gasteiger partial charge in [0, 0.05) is 29.0 Å². The van der Waals surface area contributed by atoms with E-state index in [0.29, 0.717) is 11.4 Å². The zero-order chi connectivity index (χ0) is 18.6. The van der Waals surface area contributed by atoms with E-state index in [1.54, 1.807) is 6.20 Å². The number of benzene rings is 1. The number of aromatic nitrogens is 2. The zero-order valence-corrected chi connectivity index (χ0v) is 14.1. The average molecular weight is 378 g/mol. The van der Waals surface area contributed by atoms with Crippen molar-refractivity contribution in [2.45, 2.75) is 12.7 Å². The molecule has 2 N–H and O–H groups in total. The van der Waals surface area contributed by atoms with E-state index in [1.807, 2.05) is 16.8 Å². The number of nitrogens with one attached hydrogen (secondary N) is 2. The molecule has 3 rings (SSSR count). The summed E-state index contributed by atoms with van der Waals surface area (Å²) in [5.74, 6) is 0. The summed E-state index contributed by atoms with van der Waals surface area (Å²) in [6, 6.07) is 5.57. The molecule has 2 amide bonds. The van der Waals surface area contributed by atoms with Gasteiger partial charge in [-0.2, -0.15) is 24.5 Å². The predicted molar refractivity (Wildman–Crippen MR) is 92.6 cm³/mol. The zero-order valence-electron chi connectivity index (χ0n) is 13.2. The first-order valence-corrected chi connectivity index (χ1v) is 8.42. The number of carbonyl (C=O) groups is 1. The number of nitrogens with zero attached hydrogens (tertiary/aromatic N) is 2. The second-order valence-corrected chi connectivity index (χ2v) is 6.03. The van der Waals surface area contributed by atoms with Crippen LogP contribution in [-0.4, -0.2) is 16.0 Å². The summed E-state index contributed by atoms with van der Waals surface area (Å²) < 4.78 is 37.6. The highest BCUT2D eigenvalue weighted by atomic mass is 32.1. The lowest BCUT2D eigenvalue weighted by Crippen LogP contribution is -2.28. The summed E-state index contributed by atoms with van der Waals surface area (Å²) in [6.07, 6.45) is -1.32. The van der Waals surface area contributed by atoms with Crippen molar-refractivity contribution in [3.63, 3.8) is 0 Å². The van der Waals surface area contributed by atoms with Crippen molar-refractivity contribution in [2.24, 2.45) is 0 Å². The SMILES string of the molecule is O=C(NCc1nccnc1-c1ccsc1)Nc1ccc(C(F)(F)F)cc1. The first-order valence-electron chi connectivity index (χ1n) is 7.48. The molecule has 0 bridgehead atoms. The summed E-state index contributed by atoms with van der Waals surface area (Å²) in [4.78, 5) is 20.5. The Morgan fingerprint density at radius 1 is 1.08 bits per heavy atom. The van der Waals surface area contributed by atoms with Crippen LogP contribution >= 0.6 is 11.3 Å². The minimum Gasteiger partial charge on any atom is -0.332 e. The lowest BCUT2D eigenvalue weighted by molar-refractivity contribution is -0.137. The number of anilines is 1. The molecule has 0 aliphatic heterocycles. The number of alkyl halides is 3. The van der Waals surface area contributed by atoms with E-state index >= 15 is 0 Å². The Balaban J connectivity index is 1.62. The van der Waals surface area contributed by atoms with Gasteiger partial charge in [0.05, 0.1) is 23.5 Å². The Kier molecular flexibility index (Phi) is 5.17. The molecule has 134 valence electrons. The van der Waals surface area contributed by atoms with Crippen LogP contribution in [0.2, 0.25) is 0 Å². The van der Waals surface area contributed by atoms with Gasteiger partial charge in [0.1, 0.15) is 0 Å². The Morgan fingerprint density at radius 3 is 2.46 bits per heavy atom. The van der Waals surface area contributed by atoms with Gasteiger partial charge in [0.25, 0.3) is 0 Å². The molecule has 0 unspecified atom stereocenters. The maximum absolute atomic E-state index is 12.5. The number of amides is 2. The Hall–Kier alpha value is -2.94. The number of rotatable bonds is 4. The molecule has 0 saturated heterocycles. The number of halogens is 3. The molecular formula is C17H13F3N4OS. The van der Waals surface area contributed by atoms with Gasteiger partial charge in [-0.05, 0) is 35.7 Å². The molecule has 0 radical (unpaired) electrons. The third-order valence-electron chi connectivity index (χ3n) is 3.46. The fourth-order valence-corrected chi connectivity index (χ4v) is 2.86. The van der Waals surface area contributed by atoms with Crippen LogP contribution in [0.3, 0.4) is 0 Å². The predicted octanol–water partition coefficient (Wildman–Crippen LogP) is 4.55. The Morgan fingerprint density at radius 2 is 1.81 bits per heavy atom. The number of hydrogen-bond donors (Lipinski definition) is 2. The summed E-state index contributed by atoms with van der Waals surface area (Å²) in [6.45, 7) is 0.130. The third-order valence-corrected chi connectivity index (χ3v) is 4.14. The summed E-state index contributed by atoms with van der Waals surface area (Å²) in [5.41, 5.74) is 1.65. The number of hydrogen-bond acceptors (Lipinski definition) is 4. The fraction of sp³-hybridized carbons (Fsp3) is 0.118. The molecule has 1 aromatic carbocycles. The van der Waals surface area contributed by atoms with Crippen molar-refractivity contribution < 1.29 is 18.0 Å². The minimum atomic E-state index is -4.41. The normalized spacial score (nSPS) is 11.2. The van der Waals surface area contributed by atoms with E-state index in [9.17, 15) is 18.0 Å². The molecule has 0 spiro atoms. The molecule has 2 heterocycles. The van der Waals surface area contributed by atoms with Gasteiger partial charge < -0.3 is 10.6 Å². The first kappa shape index (κ1) is 17.9. The third kappa shape index (κ3) is 4.37. The molecular weight excluding hydrogens is 365 g/mol. The summed E-state index contributed by atoms with van der Waals surface area (Å²) in [5, 5.41) is 8.95. The second kappa shape index (κ2) is 7.52. The number of carbonyl (C=O) groups excluding carboxylic acids is 1. The van der Waals surface area contributed by atoms with E-state index in [-0.39, 0.29) is 12.2 Å².